The van der Waals surface area contributed by atoms with E-state index >= 15 is 0 Å². The van der Waals surface area contributed by atoms with Crippen LogP contribution in [-0.2, 0) is 14.3 Å². The highest BCUT2D eigenvalue weighted by molar-refractivity contribution is 5.98. The van der Waals surface area contributed by atoms with Gasteiger partial charge in [0.2, 0.25) is 5.91 Å². The maximum absolute atomic E-state index is 12.1. The lowest BCUT2D eigenvalue weighted by Gasteiger charge is -2.29. The highest BCUT2D eigenvalue weighted by Gasteiger charge is 2.25. The Morgan fingerprint density at radius 1 is 1.18 bits per heavy atom. The standard InChI is InChI=1S/C22H26N2O4/c1-17(18-8-3-2-4-9-18)27-15-7-13-23-21(25)12-14-24-19-10-5-6-11-20(19)28-16-22(24)26/h2-6,8-11,17H,7,12-16H2,1H3,(H,23,25)/t17-/m1/s1. The average Bonchev–Trinajstić information content (AvgIpc) is 2.73. The minimum Gasteiger partial charge on any atom is -0.482 e. The quantitative estimate of drug-likeness (QED) is 0.677. The van der Waals surface area contributed by atoms with E-state index in [-0.39, 0.29) is 30.9 Å². The minimum absolute atomic E-state index is 0.00949. The largest absolute Gasteiger partial charge is 0.482 e. The summed E-state index contributed by atoms with van der Waals surface area (Å²) in [5, 5.41) is 2.89. The van der Waals surface area contributed by atoms with Crippen molar-refractivity contribution in [3.8, 4) is 5.75 Å². The zero-order chi connectivity index (χ0) is 19.8. The molecule has 6 heteroatoms. The third kappa shape index (κ3) is 5.33. The first-order valence-corrected chi connectivity index (χ1v) is 9.60. The van der Waals surface area contributed by atoms with E-state index in [1.54, 1.807) is 4.90 Å². The Kier molecular flexibility index (Phi) is 7.03. The number of ether oxygens (including phenoxy) is 2. The molecule has 2 amide bonds. The molecule has 0 aliphatic carbocycles. The van der Waals surface area contributed by atoms with Crippen LogP contribution in [0.25, 0.3) is 0 Å². The third-order valence-electron chi connectivity index (χ3n) is 4.65. The number of rotatable bonds is 9. The van der Waals surface area contributed by atoms with Gasteiger partial charge in [0.05, 0.1) is 11.8 Å². The third-order valence-corrected chi connectivity index (χ3v) is 4.65. The molecule has 1 N–H and O–H groups in total. The Bertz CT molecular complexity index is 794. The molecule has 0 saturated carbocycles. The molecule has 0 spiro atoms. The van der Waals surface area contributed by atoms with Crippen molar-refractivity contribution in [2.75, 3.05) is 31.2 Å². The molecule has 28 heavy (non-hydrogen) atoms. The fourth-order valence-electron chi connectivity index (χ4n) is 3.08. The predicted octanol–water partition coefficient (Wildman–Crippen LogP) is 3.09. The minimum atomic E-state index is -0.130. The summed E-state index contributed by atoms with van der Waals surface area (Å²) in [6, 6.07) is 17.4. The molecular weight excluding hydrogens is 356 g/mol. The molecule has 0 saturated heterocycles. The first-order chi connectivity index (χ1) is 13.6. The zero-order valence-electron chi connectivity index (χ0n) is 16.1. The summed E-state index contributed by atoms with van der Waals surface area (Å²) >= 11 is 0. The van der Waals surface area contributed by atoms with Gasteiger partial charge >= 0.3 is 0 Å². The van der Waals surface area contributed by atoms with Gasteiger partial charge in [0.25, 0.3) is 5.91 Å². The lowest BCUT2D eigenvalue weighted by atomic mass is 10.1. The van der Waals surface area contributed by atoms with Crippen LogP contribution < -0.4 is 15.0 Å². The van der Waals surface area contributed by atoms with Gasteiger partial charge in [-0.2, -0.15) is 0 Å². The van der Waals surface area contributed by atoms with Crippen molar-refractivity contribution in [3.05, 3.63) is 60.2 Å². The Morgan fingerprint density at radius 3 is 2.75 bits per heavy atom. The molecule has 0 fully saturated rings. The maximum atomic E-state index is 12.1. The van der Waals surface area contributed by atoms with Crippen LogP contribution in [0.5, 0.6) is 5.75 Å². The van der Waals surface area contributed by atoms with Crippen LogP contribution in [0.15, 0.2) is 54.6 Å². The van der Waals surface area contributed by atoms with Crippen LogP contribution in [0.2, 0.25) is 0 Å². The first-order valence-electron chi connectivity index (χ1n) is 9.60. The molecule has 1 aliphatic rings. The first kappa shape index (κ1) is 19.9. The second kappa shape index (κ2) is 9.90. The van der Waals surface area contributed by atoms with Crippen LogP contribution in [0, 0.1) is 0 Å². The molecule has 0 aromatic heterocycles. The fraction of sp³-hybridized carbons (Fsp3) is 0.364. The summed E-state index contributed by atoms with van der Waals surface area (Å²) in [4.78, 5) is 25.8. The Hall–Kier alpha value is -2.86. The summed E-state index contributed by atoms with van der Waals surface area (Å²) in [5.41, 5.74) is 1.86. The lowest BCUT2D eigenvalue weighted by molar-refractivity contribution is -0.122. The number of hydrogen-bond donors (Lipinski definition) is 1. The van der Waals surface area contributed by atoms with Crippen molar-refractivity contribution in [3.63, 3.8) is 0 Å². The summed E-state index contributed by atoms with van der Waals surface area (Å²) in [6.07, 6.45) is 1.02. The monoisotopic (exact) mass is 382 g/mol. The van der Waals surface area contributed by atoms with Crippen molar-refractivity contribution in [2.45, 2.75) is 25.9 Å². The number of benzene rings is 2. The maximum Gasteiger partial charge on any atom is 0.265 e. The van der Waals surface area contributed by atoms with Crippen LogP contribution in [0.1, 0.15) is 31.4 Å². The summed E-state index contributed by atoms with van der Waals surface area (Å²) in [5.74, 6) is 0.467. The van der Waals surface area contributed by atoms with Gasteiger partial charge in [-0.3, -0.25) is 9.59 Å². The Morgan fingerprint density at radius 2 is 1.93 bits per heavy atom. The molecule has 1 atom stereocenters. The molecule has 0 radical (unpaired) electrons. The van der Waals surface area contributed by atoms with Crippen molar-refractivity contribution < 1.29 is 19.1 Å². The van der Waals surface area contributed by atoms with Gasteiger partial charge in [0, 0.05) is 26.1 Å². The van der Waals surface area contributed by atoms with E-state index in [0.717, 1.165) is 17.7 Å². The molecule has 0 unspecified atom stereocenters. The van der Waals surface area contributed by atoms with E-state index in [4.69, 9.17) is 9.47 Å². The van der Waals surface area contributed by atoms with E-state index in [0.29, 0.717) is 25.4 Å². The molecule has 2 aromatic carbocycles. The number of fused-ring (bicyclic) bond motifs is 1. The van der Waals surface area contributed by atoms with Crippen LogP contribution in [0.4, 0.5) is 5.69 Å². The molecule has 1 aliphatic heterocycles. The number of carbonyl (C=O) groups is 2. The van der Waals surface area contributed by atoms with Crippen LogP contribution in [-0.4, -0.2) is 38.1 Å². The Balaban J connectivity index is 1.35. The molecule has 148 valence electrons. The Labute approximate surface area is 165 Å². The molecule has 6 nitrogen and oxygen atoms in total. The number of nitrogens with one attached hydrogen (secondary N) is 1. The van der Waals surface area contributed by atoms with Gasteiger partial charge in [-0.25, -0.2) is 0 Å². The van der Waals surface area contributed by atoms with Gasteiger partial charge in [0.15, 0.2) is 6.61 Å². The van der Waals surface area contributed by atoms with E-state index in [9.17, 15) is 9.59 Å². The van der Waals surface area contributed by atoms with E-state index in [1.807, 2.05) is 61.5 Å². The van der Waals surface area contributed by atoms with Crippen molar-refractivity contribution >= 4 is 17.5 Å². The molecule has 3 rings (SSSR count). The second-order valence-electron chi connectivity index (χ2n) is 6.68. The van der Waals surface area contributed by atoms with Crippen molar-refractivity contribution in [1.82, 2.24) is 5.32 Å². The normalized spacial score (nSPS) is 14.2. The SMILES string of the molecule is C[C@@H](OCCCNC(=O)CCN1C(=O)COc2ccccc21)c1ccccc1. The molecule has 1 heterocycles. The van der Waals surface area contributed by atoms with Gasteiger partial charge in [-0.05, 0) is 31.0 Å². The second-order valence-corrected chi connectivity index (χ2v) is 6.68. The number of para-hydroxylation sites is 2. The number of anilines is 1. The number of hydrogen-bond acceptors (Lipinski definition) is 4. The molecular formula is C22H26N2O4. The van der Waals surface area contributed by atoms with Gasteiger partial charge in [-0.1, -0.05) is 42.5 Å². The van der Waals surface area contributed by atoms with Crippen molar-refractivity contribution in [1.29, 1.82) is 0 Å². The van der Waals surface area contributed by atoms with Gasteiger partial charge in [-0.15, -0.1) is 0 Å². The number of nitrogens with zero attached hydrogens (tertiary/aromatic N) is 1. The molecule has 0 bridgehead atoms. The summed E-state index contributed by atoms with van der Waals surface area (Å²) in [7, 11) is 0. The van der Waals surface area contributed by atoms with Crippen molar-refractivity contribution in [2.24, 2.45) is 0 Å². The van der Waals surface area contributed by atoms with Crippen LogP contribution in [0.3, 0.4) is 0 Å². The smallest absolute Gasteiger partial charge is 0.265 e. The fourth-order valence-corrected chi connectivity index (χ4v) is 3.08. The zero-order valence-corrected chi connectivity index (χ0v) is 16.1. The topological polar surface area (TPSA) is 67.9 Å². The van der Waals surface area contributed by atoms with Gasteiger partial charge in [0.1, 0.15) is 5.75 Å². The van der Waals surface area contributed by atoms with Gasteiger partial charge < -0.3 is 19.7 Å². The highest BCUT2D eigenvalue weighted by Crippen LogP contribution is 2.31. The molecule has 2 aromatic rings. The summed E-state index contributed by atoms with van der Waals surface area (Å²) in [6.45, 7) is 3.49. The lowest BCUT2D eigenvalue weighted by Crippen LogP contribution is -2.41. The van der Waals surface area contributed by atoms with E-state index < -0.39 is 0 Å². The summed E-state index contributed by atoms with van der Waals surface area (Å²) < 4.78 is 11.2. The van der Waals surface area contributed by atoms with E-state index in [2.05, 4.69) is 5.32 Å². The van der Waals surface area contributed by atoms with Crippen LogP contribution >= 0.6 is 0 Å². The number of carbonyl (C=O) groups excluding carboxylic acids is 2. The average molecular weight is 382 g/mol. The predicted molar refractivity (Wildman–Crippen MR) is 107 cm³/mol. The number of amides is 2. The van der Waals surface area contributed by atoms with E-state index in [1.165, 1.54) is 0 Å². The highest BCUT2D eigenvalue weighted by atomic mass is 16.5.